The van der Waals surface area contributed by atoms with Crippen LogP contribution in [0.1, 0.15) is 0 Å². The quantitative estimate of drug-likeness (QED) is 0.550. The molecule has 8 heteroatoms. The van der Waals surface area contributed by atoms with Crippen molar-refractivity contribution >= 4 is 26.6 Å². The third kappa shape index (κ3) is 3.39. The van der Waals surface area contributed by atoms with Gasteiger partial charge in [0.15, 0.2) is 0 Å². The predicted octanol–water partition coefficient (Wildman–Crippen LogP) is 4.31. The molecule has 0 saturated carbocycles. The summed E-state index contributed by atoms with van der Waals surface area (Å²) in [6.45, 7) is 0. The van der Waals surface area contributed by atoms with E-state index >= 15 is 0 Å². The molecule has 4 aromatic rings. The lowest BCUT2D eigenvalue weighted by Crippen LogP contribution is -2.13. The maximum absolute atomic E-state index is 13.4. The molecule has 0 amide bonds. The van der Waals surface area contributed by atoms with E-state index in [4.69, 9.17) is 0 Å². The Balaban J connectivity index is 1.74. The Morgan fingerprint density at radius 1 is 0.889 bits per heavy atom. The molecule has 0 unspecified atom stereocenters. The number of hydrogen-bond acceptors (Lipinski definition) is 3. The second-order valence-corrected chi connectivity index (χ2v) is 7.59. The largest absolute Gasteiger partial charge is 0.280 e. The van der Waals surface area contributed by atoms with Crippen LogP contribution in [0, 0.1) is 11.6 Å². The summed E-state index contributed by atoms with van der Waals surface area (Å²) in [7, 11) is -4.15. The molecule has 2 N–H and O–H groups in total. The van der Waals surface area contributed by atoms with Crippen molar-refractivity contribution in [3.63, 3.8) is 0 Å². The fourth-order valence-electron chi connectivity index (χ4n) is 2.79. The van der Waals surface area contributed by atoms with Crippen LogP contribution in [0.4, 0.5) is 14.5 Å². The van der Waals surface area contributed by atoms with Gasteiger partial charge in [-0.1, -0.05) is 30.3 Å². The first kappa shape index (κ1) is 17.2. The number of halogens is 2. The van der Waals surface area contributed by atoms with Crippen LogP contribution >= 0.6 is 0 Å². The van der Waals surface area contributed by atoms with Gasteiger partial charge in [-0.15, -0.1) is 0 Å². The van der Waals surface area contributed by atoms with Gasteiger partial charge in [0.2, 0.25) is 0 Å². The summed E-state index contributed by atoms with van der Waals surface area (Å²) < 4.78 is 54.0. The van der Waals surface area contributed by atoms with Crippen molar-refractivity contribution in [2.45, 2.75) is 4.90 Å². The lowest BCUT2D eigenvalue weighted by molar-refractivity contribution is 0.568. The molecule has 0 bridgehead atoms. The van der Waals surface area contributed by atoms with E-state index in [1.165, 1.54) is 0 Å². The van der Waals surface area contributed by atoms with Gasteiger partial charge in [-0.2, -0.15) is 5.10 Å². The monoisotopic (exact) mass is 385 g/mol. The molecule has 0 aliphatic rings. The molecule has 27 heavy (non-hydrogen) atoms. The highest BCUT2D eigenvalue weighted by atomic mass is 32.2. The molecule has 1 aromatic heterocycles. The maximum atomic E-state index is 13.4. The fraction of sp³-hybridized carbons (Fsp3) is 0. The number of hydrogen-bond donors (Lipinski definition) is 2. The average molecular weight is 385 g/mol. The number of rotatable bonds is 4. The number of sulfonamides is 1. The predicted molar refractivity (Wildman–Crippen MR) is 98.7 cm³/mol. The van der Waals surface area contributed by atoms with Gasteiger partial charge in [0.1, 0.15) is 11.6 Å². The lowest BCUT2D eigenvalue weighted by Gasteiger charge is -2.09. The maximum Gasteiger partial charge on any atom is 0.262 e. The molecule has 0 fully saturated rings. The van der Waals surface area contributed by atoms with Crippen LogP contribution in [0.25, 0.3) is 22.2 Å². The molecule has 0 radical (unpaired) electrons. The van der Waals surface area contributed by atoms with Crippen LogP contribution in [-0.4, -0.2) is 18.6 Å². The van der Waals surface area contributed by atoms with E-state index in [1.807, 2.05) is 30.3 Å². The first-order chi connectivity index (χ1) is 12.9. The molecule has 0 aliphatic carbocycles. The third-order valence-corrected chi connectivity index (χ3v) is 5.37. The van der Waals surface area contributed by atoms with E-state index in [9.17, 15) is 17.2 Å². The minimum absolute atomic E-state index is 0.255. The number of fused-ring (bicyclic) bond motifs is 1. The zero-order valence-electron chi connectivity index (χ0n) is 13.8. The Labute approximate surface area is 153 Å². The van der Waals surface area contributed by atoms with Crippen LogP contribution in [0.3, 0.4) is 0 Å². The highest BCUT2D eigenvalue weighted by Gasteiger charge is 2.18. The summed E-state index contributed by atoms with van der Waals surface area (Å²) in [6, 6.07) is 16.4. The van der Waals surface area contributed by atoms with Crippen LogP contribution in [0.2, 0.25) is 0 Å². The van der Waals surface area contributed by atoms with Gasteiger partial charge in [-0.05, 0) is 30.3 Å². The first-order valence-corrected chi connectivity index (χ1v) is 9.43. The molecule has 136 valence electrons. The minimum Gasteiger partial charge on any atom is -0.280 e. The summed E-state index contributed by atoms with van der Waals surface area (Å²) in [5.74, 6) is -1.93. The van der Waals surface area contributed by atoms with E-state index < -0.39 is 26.6 Å². The lowest BCUT2D eigenvalue weighted by atomic mass is 10.1. The normalized spacial score (nSPS) is 11.6. The van der Waals surface area contributed by atoms with Crippen molar-refractivity contribution in [1.82, 2.24) is 10.2 Å². The number of aromatic nitrogens is 2. The van der Waals surface area contributed by atoms with E-state index in [1.54, 1.807) is 18.2 Å². The van der Waals surface area contributed by atoms with Gasteiger partial charge in [0, 0.05) is 22.7 Å². The van der Waals surface area contributed by atoms with E-state index in [-0.39, 0.29) is 5.69 Å². The Kier molecular flexibility index (Phi) is 4.12. The molecule has 0 atom stereocenters. The van der Waals surface area contributed by atoms with E-state index in [0.717, 1.165) is 23.2 Å². The SMILES string of the molecule is O=S(=O)(Nc1ccc2[nH]nc(-c3ccccc3)c2c1)c1cc(F)cc(F)c1. The summed E-state index contributed by atoms with van der Waals surface area (Å²) in [4.78, 5) is -0.490. The fourth-order valence-corrected chi connectivity index (χ4v) is 3.88. The van der Waals surface area contributed by atoms with Crippen molar-refractivity contribution in [2.24, 2.45) is 0 Å². The molecule has 1 heterocycles. The molecule has 0 saturated heterocycles. The second-order valence-electron chi connectivity index (χ2n) is 5.91. The molecule has 0 aliphatic heterocycles. The Bertz CT molecular complexity index is 1220. The van der Waals surface area contributed by atoms with Gasteiger partial charge in [0.05, 0.1) is 16.1 Å². The highest BCUT2D eigenvalue weighted by Crippen LogP contribution is 2.29. The van der Waals surface area contributed by atoms with Crippen LogP contribution < -0.4 is 4.72 Å². The summed E-state index contributed by atoms with van der Waals surface area (Å²) in [5, 5.41) is 7.89. The van der Waals surface area contributed by atoms with Crippen LogP contribution in [0.5, 0.6) is 0 Å². The Morgan fingerprint density at radius 2 is 1.59 bits per heavy atom. The van der Waals surface area contributed by atoms with Gasteiger partial charge in [-0.3, -0.25) is 9.82 Å². The standard InChI is InChI=1S/C19H13F2N3O2S/c20-13-8-14(21)10-16(9-13)27(25,26)24-15-6-7-18-17(11-15)19(23-22-18)12-4-2-1-3-5-12/h1-11,24H,(H,22,23). The zero-order chi connectivity index (χ0) is 19.0. The number of benzene rings is 3. The molecular formula is C19H13F2N3O2S. The number of nitrogens with zero attached hydrogens (tertiary/aromatic N) is 1. The van der Waals surface area contributed by atoms with Crippen molar-refractivity contribution in [2.75, 3.05) is 4.72 Å². The van der Waals surface area contributed by atoms with Crippen molar-refractivity contribution in [3.05, 3.63) is 78.4 Å². The number of anilines is 1. The van der Waals surface area contributed by atoms with Crippen molar-refractivity contribution < 1.29 is 17.2 Å². The summed E-state index contributed by atoms with van der Waals surface area (Å²) in [6.07, 6.45) is 0. The van der Waals surface area contributed by atoms with Gasteiger partial charge in [0.25, 0.3) is 10.0 Å². The molecule has 3 aromatic carbocycles. The summed E-state index contributed by atoms with van der Waals surface area (Å²) in [5.41, 5.74) is 2.53. The first-order valence-electron chi connectivity index (χ1n) is 7.95. The van der Waals surface area contributed by atoms with Gasteiger partial charge >= 0.3 is 0 Å². The van der Waals surface area contributed by atoms with E-state index in [2.05, 4.69) is 14.9 Å². The minimum atomic E-state index is -4.15. The third-order valence-electron chi connectivity index (χ3n) is 4.01. The van der Waals surface area contributed by atoms with Crippen LogP contribution in [0.15, 0.2) is 71.6 Å². The van der Waals surface area contributed by atoms with Crippen LogP contribution in [-0.2, 0) is 10.0 Å². The highest BCUT2D eigenvalue weighted by molar-refractivity contribution is 7.92. The average Bonchev–Trinajstić information content (AvgIpc) is 3.04. The smallest absolute Gasteiger partial charge is 0.262 e. The molecule has 5 nitrogen and oxygen atoms in total. The topological polar surface area (TPSA) is 74.8 Å². The van der Waals surface area contributed by atoms with Crippen molar-refractivity contribution in [1.29, 1.82) is 0 Å². The Morgan fingerprint density at radius 3 is 2.30 bits per heavy atom. The number of nitrogens with one attached hydrogen (secondary N) is 2. The second kappa shape index (κ2) is 6.48. The number of aromatic amines is 1. The Hall–Kier alpha value is -3.26. The van der Waals surface area contributed by atoms with Gasteiger partial charge in [-0.25, -0.2) is 17.2 Å². The molecular weight excluding hydrogens is 372 g/mol. The molecule has 4 rings (SSSR count). The molecule has 0 spiro atoms. The zero-order valence-corrected chi connectivity index (χ0v) is 14.6. The van der Waals surface area contributed by atoms with Crippen molar-refractivity contribution in [3.8, 4) is 11.3 Å². The number of H-pyrrole nitrogens is 1. The summed E-state index contributed by atoms with van der Waals surface area (Å²) >= 11 is 0. The van der Waals surface area contributed by atoms with E-state index in [0.29, 0.717) is 17.1 Å². The van der Waals surface area contributed by atoms with Gasteiger partial charge < -0.3 is 0 Å².